The summed E-state index contributed by atoms with van der Waals surface area (Å²) in [4.78, 5) is 24.8. The van der Waals surface area contributed by atoms with Crippen LogP contribution in [0.25, 0.3) is 0 Å². The first-order valence-corrected chi connectivity index (χ1v) is 6.80. The van der Waals surface area contributed by atoms with Gasteiger partial charge in [0, 0.05) is 19.2 Å². The first-order valence-electron chi connectivity index (χ1n) is 6.80. The van der Waals surface area contributed by atoms with Gasteiger partial charge in [0.1, 0.15) is 11.6 Å². The van der Waals surface area contributed by atoms with Crippen LogP contribution in [-0.4, -0.2) is 41.6 Å². The van der Waals surface area contributed by atoms with Crippen molar-refractivity contribution in [1.82, 2.24) is 4.90 Å². The van der Waals surface area contributed by atoms with Crippen molar-refractivity contribution in [2.45, 2.75) is 19.8 Å². The second-order valence-electron chi connectivity index (χ2n) is 5.53. The number of aliphatic carboxylic acids is 1. The summed E-state index contributed by atoms with van der Waals surface area (Å²) in [5, 5.41) is 9.22. The molecule has 21 heavy (non-hydrogen) atoms. The lowest BCUT2D eigenvalue weighted by Gasteiger charge is -2.37. The molecule has 1 fully saturated rings. The number of carboxylic acids is 1. The average Bonchev–Trinajstić information content (AvgIpc) is 2.45. The van der Waals surface area contributed by atoms with E-state index in [0.29, 0.717) is 19.4 Å². The van der Waals surface area contributed by atoms with Gasteiger partial charge in [0.15, 0.2) is 6.61 Å². The molecule has 1 amide bonds. The molecule has 1 aliphatic heterocycles. The van der Waals surface area contributed by atoms with Gasteiger partial charge in [-0.05, 0) is 31.9 Å². The second kappa shape index (κ2) is 6.11. The molecule has 6 heteroatoms. The van der Waals surface area contributed by atoms with Crippen molar-refractivity contribution in [2.75, 3.05) is 19.7 Å². The summed E-state index contributed by atoms with van der Waals surface area (Å²) in [5.41, 5.74) is -0.910. The smallest absolute Gasteiger partial charge is 0.311 e. The molecule has 1 saturated heterocycles. The summed E-state index contributed by atoms with van der Waals surface area (Å²) in [5.74, 6) is -1.34. The molecule has 1 heterocycles. The summed E-state index contributed by atoms with van der Waals surface area (Å²) in [6.07, 6.45) is 1.20. The maximum atomic E-state index is 13.0. The lowest BCUT2D eigenvalue weighted by atomic mass is 9.82. The van der Waals surface area contributed by atoms with Gasteiger partial charge in [-0.3, -0.25) is 9.59 Å². The van der Waals surface area contributed by atoms with Gasteiger partial charge in [-0.15, -0.1) is 0 Å². The summed E-state index contributed by atoms with van der Waals surface area (Å²) in [7, 11) is 0. The molecule has 0 aliphatic carbocycles. The predicted molar refractivity (Wildman–Crippen MR) is 73.5 cm³/mol. The maximum absolute atomic E-state index is 13.0. The van der Waals surface area contributed by atoms with Crippen LogP contribution in [0.2, 0.25) is 0 Å². The van der Waals surface area contributed by atoms with E-state index in [1.807, 2.05) is 0 Å². The molecule has 0 aromatic heterocycles. The number of halogens is 1. The van der Waals surface area contributed by atoms with Crippen molar-refractivity contribution < 1.29 is 23.8 Å². The molecule has 1 aromatic carbocycles. The van der Waals surface area contributed by atoms with Crippen LogP contribution in [0.1, 0.15) is 19.8 Å². The van der Waals surface area contributed by atoms with Crippen molar-refractivity contribution in [3.63, 3.8) is 0 Å². The highest BCUT2D eigenvalue weighted by Gasteiger charge is 2.39. The van der Waals surface area contributed by atoms with E-state index in [9.17, 15) is 19.1 Å². The zero-order valence-electron chi connectivity index (χ0n) is 11.8. The predicted octanol–water partition coefficient (Wildman–Crippen LogP) is 1.92. The van der Waals surface area contributed by atoms with Gasteiger partial charge in [0.25, 0.3) is 5.91 Å². The fourth-order valence-electron chi connectivity index (χ4n) is 2.42. The molecule has 1 N–H and O–H groups in total. The molecule has 1 aromatic rings. The molecule has 5 nitrogen and oxygen atoms in total. The average molecular weight is 295 g/mol. The van der Waals surface area contributed by atoms with Gasteiger partial charge in [-0.1, -0.05) is 6.07 Å². The third kappa shape index (κ3) is 3.71. The van der Waals surface area contributed by atoms with Crippen LogP contribution in [0.15, 0.2) is 24.3 Å². The third-order valence-electron chi connectivity index (χ3n) is 3.72. The molecule has 114 valence electrons. The van der Waals surface area contributed by atoms with Crippen molar-refractivity contribution in [3.8, 4) is 5.75 Å². The number of carbonyl (C=O) groups excluding carboxylic acids is 1. The fraction of sp³-hybridized carbons (Fsp3) is 0.467. The SMILES string of the molecule is CC1(C(=O)O)CCCN(C(=O)COc2cccc(F)c2)C1. The van der Waals surface area contributed by atoms with Crippen LogP contribution in [0, 0.1) is 11.2 Å². The minimum Gasteiger partial charge on any atom is -0.484 e. The van der Waals surface area contributed by atoms with Crippen molar-refractivity contribution in [1.29, 1.82) is 0 Å². The number of likely N-dealkylation sites (tertiary alicyclic amines) is 1. The van der Waals surface area contributed by atoms with Crippen LogP contribution < -0.4 is 4.74 Å². The zero-order chi connectivity index (χ0) is 15.5. The number of benzene rings is 1. The summed E-state index contributed by atoms with van der Waals surface area (Å²) in [6, 6.07) is 5.55. The van der Waals surface area contributed by atoms with Crippen LogP contribution in [-0.2, 0) is 9.59 Å². The lowest BCUT2D eigenvalue weighted by Crippen LogP contribution is -2.49. The number of amides is 1. The quantitative estimate of drug-likeness (QED) is 0.921. The maximum Gasteiger partial charge on any atom is 0.311 e. The number of rotatable bonds is 4. The van der Waals surface area contributed by atoms with E-state index < -0.39 is 17.2 Å². The molecule has 1 aliphatic rings. The van der Waals surface area contributed by atoms with E-state index in [-0.39, 0.29) is 24.8 Å². The Balaban J connectivity index is 1.93. The van der Waals surface area contributed by atoms with Crippen molar-refractivity contribution in [2.24, 2.45) is 5.41 Å². The highest BCUT2D eigenvalue weighted by Crippen LogP contribution is 2.29. The van der Waals surface area contributed by atoms with Crippen LogP contribution in [0.4, 0.5) is 4.39 Å². The molecule has 2 rings (SSSR count). The lowest BCUT2D eigenvalue weighted by molar-refractivity contribution is -0.153. The Morgan fingerprint density at radius 1 is 1.48 bits per heavy atom. The number of carbonyl (C=O) groups is 2. The Morgan fingerprint density at radius 2 is 2.24 bits per heavy atom. The monoisotopic (exact) mass is 295 g/mol. The first-order chi connectivity index (χ1) is 9.90. The Morgan fingerprint density at radius 3 is 2.90 bits per heavy atom. The Kier molecular flexibility index (Phi) is 4.45. The molecular weight excluding hydrogens is 277 g/mol. The van der Waals surface area contributed by atoms with Crippen LogP contribution >= 0.6 is 0 Å². The van der Waals surface area contributed by atoms with E-state index in [1.165, 1.54) is 23.1 Å². The number of hydrogen-bond acceptors (Lipinski definition) is 3. The fourth-order valence-corrected chi connectivity index (χ4v) is 2.42. The van der Waals surface area contributed by atoms with E-state index in [1.54, 1.807) is 13.0 Å². The van der Waals surface area contributed by atoms with Crippen LogP contribution in [0.3, 0.4) is 0 Å². The van der Waals surface area contributed by atoms with Gasteiger partial charge in [0.2, 0.25) is 0 Å². The standard InChI is InChI=1S/C15H18FNO4/c1-15(14(19)20)6-3-7-17(10-15)13(18)9-21-12-5-2-4-11(16)8-12/h2,4-5,8H,3,6-7,9-10H2,1H3,(H,19,20). The molecule has 0 saturated carbocycles. The van der Waals surface area contributed by atoms with Gasteiger partial charge in [0.05, 0.1) is 5.41 Å². The minimum atomic E-state index is -0.910. The number of nitrogens with zero attached hydrogens (tertiary/aromatic N) is 1. The number of hydrogen-bond donors (Lipinski definition) is 1. The topological polar surface area (TPSA) is 66.8 Å². The Labute approximate surface area is 122 Å². The van der Waals surface area contributed by atoms with Gasteiger partial charge in [-0.25, -0.2) is 4.39 Å². The van der Waals surface area contributed by atoms with E-state index in [2.05, 4.69) is 0 Å². The second-order valence-corrected chi connectivity index (χ2v) is 5.53. The summed E-state index contributed by atoms with van der Waals surface area (Å²) in [6.45, 7) is 2.11. The largest absolute Gasteiger partial charge is 0.484 e. The summed E-state index contributed by atoms with van der Waals surface area (Å²) < 4.78 is 18.2. The third-order valence-corrected chi connectivity index (χ3v) is 3.72. The molecule has 1 unspecified atom stereocenters. The number of ether oxygens (including phenoxy) is 1. The summed E-state index contributed by atoms with van der Waals surface area (Å²) >= 11 is 0. The zero-order valence-corrected chi connectivity index (χ0v) is 11.8. The van der Waals surface area contributed by atoms with Crippen molar-refractivity contribution >= 4 is 11.9 Å². The number of carboxylic acid groups (broad SMARTS) is 1. The first kappa shape index (κ1) is 15.3. The van der Waals surface area contributed by atoms with Crippen LogP contribution in [0.5, 0.6) is 5.75 Å². The Hall–Kier alpha value is -2.11. The van der Waals surface area contributed by atoms with E-state index in [4.69, 9.17) is 4.74 Å². The molecular formula is C15H18FNO4. The normalized spacial score (nSPS) is 21.9. The number of piperidine rings is 1. The van der Waals surface area contributed by atoms with Crippen molar-refractivity contribution in [3.05, 3.63) is 30.1 Å². The molecule has 0 bridgehead atoms. The van der Waals surface area contributed by atoms with E-state index >= 15 is 0 Å². The van der Waals surface area contributed by atoms with Gasteiger partial charge < -0.3 is 14.7 Å². The van der Waals surface area contributed by atoms with Gasteiger partial charge >= 0.3 is 5.97 Å². The highest BCUT2D eigenvalue weighted by molar-refractivity contribution is 5.80. The van der Waals surface area contributed by atoms with E-state index in [0.717, 1.165) is 0 Å². The Bertz CT molecular complexity index is 548. The highest BCUT2D eigenvalue weighted by atomic mass is 19.1. The van der Waals surface area contributed by atoms with Gasteiger partial charge in [-0.2, -0.15) is 0 Å². The molecule has 0 radical (unpaired) electrons. The molecule has 1 atom stereocenters. The molecule has 0 spiro atoms. The minimum absolute atomic E-state index is 0.174.